The summed E-state index contributed by atoms with van der Waals surface area (Å²) in [6.45, 7) is 3.05. The van der Waals surface area contributed by atoms with Crippen LogP contribution in [0.4, 0.5) is 26.2 Å². The van der Waals surface area contributed by atoms with Gasteiger partial charge in [-0.25, -0.2) is 9.18 Å². The lowest BCUT2D eigenvalue weighted by molar-refractivity contribution is -0.121. The second-order valence-electron chi connectivity index (χ2n) is 8.81. The van der Waals surface area contributed by atoms with Gasteiger partial charge in [-0.15, -0.1) is 0 Å². The summed E-state index contributed by atoms with van der Waals surface area (Å²) < 4.78 is 20.2. The van der Waals surface area contributed by atoms with Crippen LogP contribution < -0.4 is 20.4 Å². The zero-order valence-electron chi connectivity index (χ0n) is 20.5. The smallest absolute Gasteiger partial charge is 0.414 e. The van der Waals surface area contributed by atoms with E-state index in [9.17, 15) is 23.6 Å². The molecule has 2 aromatic rings. The lowest BCUT2D eigenvalue weighted by Gasteiger charge is -2.32. The molecule has 2 saturated heterocycles. The lowest BCUT2D eigenvalue weighted by atomic mass is 10.1. The van der Waals surface area contributed by atoms with Gasteiger partial charge in [0.2, 0.25) is 11.8 Å². The number of amides is 3. The Hall–Kier alpha value is -3.60. The van der Waals surface area contributed by atoms with E-state index in [1.165, 1.54) is 17.9 Å². The van der Waals surface area contributed by atoms with E-state index in [4.69, 9.17) is 4.74 Å². The Kier molecular flexibility index (Phi) is 8.65. The predicted molar refractivity (Wildman–Crippen MR) is 141 cm³/mol. The maximum atomic E-state index is 14.8. The Morgan fingerprint density at radius 1 is 1.08 bits per heavy atom. The van der Waals surface area contributed by atoms with Crippen LogP contribution in [0.25, 0.3) is 0 Å². The van der Waals surface area contributed by atoms with Crippen molar-refractivity contribution in [2.75, 3.05) is 52.8 Å². The van der Waals surface area contributed by atoms with Gasteiger partial charge >= 0.3 is 6.09 Å². The average Bonchev–Trinajstić information content (AvgIpc) is 3.26. The molecular weight excluding hydrogens is 499 g/mol. The Morgan fingerprint density at radius 2 is 1.81 bits per heavy atom. The number of hydrogen-bond donors (Lipinski definition) is 2. The summed E-state index contributed by atoms with van der Waals surface area (Å²) >= 11 is 1.81. The molecule has 11 heteroatoms. The number of Topliss-reactive ketones (excluding diaryl/α,β-unsaturated/α-hetero) is 1. The number of halogens is 1. The van der Waals surface area contributed by atoms with Crippen molar-refractivity contribution < 1.29 is 28.3 Å². The molecule has 0 aromatic heterocycles. The molecule has 0 spiro atoms. The van der Waals surface area contributed by atoms with Crippen LogP contribution in [-0.4, -0.2) is 67.5 Å². The molecular formula is C26H29FN4O5S. The summed E-state index contributed by atoms with van der Waals surface area (Å²) in [4.78, 5) is 51.8. The van der Waals surface area contributed by atoms with Gasteiger partial charge in [0.15, 0.2) is 5.78 Å². The molecule has 2 N–H and O–H groups in total. The van der Waals surface area contributed by atoms with E-state index in [1.54, 1.807) is 36.4 Å². The highest BCUT2D eigenvalue weighted by molar-refractivity contribution is 7.99. The van der Waals surface area contributed by atoms with Crippen LogP contribution in [0.3, 0.4) is 0 Å². The number of para-hydroxylation sites is 1. The lowest BCUT2D eigenvalue weighted by Crippen LogP contribution is -2.36. The maximum absolute atomic E-state index is 14.8. The van der Waals surface area contributed by atoms with E-state index in [-0.39, 0.29) is 49.3 Å². The van der Waals surface area contributed by atoms with Crippen molar-refractivity contribution in [3.05, 3.63) is 53.8 Å². The number of rotatable bonds is 9. The first-order valence-electron chi connectivity index (χ1n) is 12.1. The fourth-order valence-corrected chi connectivity index (χ4v) is 5.18. The second kappa shape index (κ2) is 12.1. The van der Waals surface area contributed by atoms with Crippen LogP contribution >= 0.6 is 11.8 Å². The maximum Gasteiger partial charge on any atom is 0.414 e. The minimum Gasteiger partial charge on any atom is -0.442 e. The van der Waals surface area contributed by atoms with E-state index in [1.807, 2.05) is 16.7 Å². The first-order valence-corrected chi connectivity index (χ1v) is 13.2. The molecule has 2 aromatic carbocycles. The van der Waals surface area contributed by atoms with Gasteiger partial charge < -0.3 is 20.3 Å². The van der Waals surface area contributed by atoms with E-state index in [0.717, 1.165) is 11.5 Å². The minimum atomic E-state index is -0.596. The molecule has 1 atom stereocenters. The second-order valence-corrected chi connectivity index (χ2v) is 10.0. The zero-order chi connectivity index (χ0) is 26.4. The van der Waals surface area contributed by atoms with Crippen molar-refractivity contribution in [1.82, 2.24) is 5.32 Å². The van der Waals surface area contributed by atoms with Crippen LogP contribution in [0.1, 0.15) is 30.1 Å². The monoisotopic (exact) mass is 528 g/mol. The molecule has 0 saturated carbocycles. The third-order valence-electron chi connectivity index (χ3n) is 6.09. The Labute approximate surface area is 218 Å². The molecule has 2 aliphatic rings. The van der Waals surface area contributed by atoms with Crippen LogP contribution in [0.15, 0.2) is 42.5 Å². The fourth-order valence-electron chi connectivity index (χ4n) is 4.28. The molecule has 37 heavy (non-hydrogen) atoms. The van der Waals surface area contributed by atoms with Crippen LogP contribution in [0.5, 0.6) is 0 Å². The van der Waals surface area contributed by atoms with Crippen molar-refractivity contribution >= 4 is 52.5 Å². The van der Waals surface area contributed by atoms with E-state index < -0.39 is 12.2 Å². The Balaban J connectivity index is 1.28. The van der Waals surface area contributed by atoms with Crippen molar-refractivity contribution in [3.8, 4) is 0 Å². The highest BCUT2D eigenvalue weighted by atomic mass is 32.2. The number of carbonyl (C=O) groups is 4. The SMILES string of the molecule is CC(=O)Nc1ccc(C(=O)CCC(=O)NC[C@H]2CN(c3cccc(F)c3N3CCSCC3)C(=O)O2)cc1. The van der Waals surface area contributed by atoms with Crippen LogP contribution in [-0.2, 0) is 14.3 Å². The summed E-state index contributed by atoms with van der Waals surface area (Å²) in [6, 6.07) is 11.1. The van der Waals surface area contributed by atoms with E-state index in [2.05, 4.69) is 10.6 Å². The largest absolute Gasteiger partial charge is 0.442 e. The average molecular weight is 529 g/mol. The third kappa shape index (κ3) is 6.79. The summed E-state index contributed by atoms with van der Waals surface area (Å²) in [5.74, 6) is 0.649. The van der Waals surface area contributed by atoms with Gasteiger partial charge in [0, 0.05) is 55.6 Å². The van der Waals surface area contributed by atoms with Crippen LogP contribution in [0, 0.1) is 5.82 Å². The van der Waals surface area contributed by atoms with Gasteiger partial charge in [0.25, 0.3) is 0 Å². The van der Waals surface area contributed by atoms with Crippen molar-refractivity contribution in [3.63, 3.8) is 0 Å². The van der Waals surface area contributed by atoms with Crippen molar-refractivity contribution in [2.24, 2.45) is 0 Å². The van der Waals surface area contributed by atoms with E-state index in [0.29, 0.717) is 35.7 Å². The van der Waals surface area contributed by atoms with Gasteiger partial charge in [0.1, 0.15) is 11.9 Å². The Morgan fingerprint density at radius 3 is 2.51 bits per heavy atom. The molecule has 0 bridgehead atoms. The van der Waals surface area contributed by atoms with Gasteiger partial charge in [-0.05, 0) is 36.4 Å². The topological polar surface area (TPSA) is 108 Å². The number of hydrogen-bond acceptors (Lipinski definition) is 7. The highest BCUT2D eigenvalue weighted by Crippen LogP contribution is 2.35. The summed E-state index contributed by atoms with van der Waals surface area (Å²) in [5.41, 5.74) is 1.89. The number of ketones is 1. The summed E-state index contributed by atoms with van der Waals surface area (Å²) in [6.07, 6.45) is -1.18. The highest BCUT2D eigenvalue weighted by Gasteiger charge is 2.35. The minimum absolute atomic E-state index is 0.0162. The van der Waals surface area contributed by atoms with Gasteiger partial charge in [-0.1, -0.05) is 6.07 Å². The molecule has 2 fully saturated rings. The molecule has 3 amide bonds. The molecule has 196 valence electrons. The standard InChI is InChI=1S/C26H29FN4O5S/c1-17(32)29-19-7-5-18(6-8-19)23(33)9-10-24(34)28-15-20-16-31(26(35)36-20)22-4-2-3-21(27)25(22)30-11-13-37-14-12-30/h2-8,20H,9-16H2,1H3,(H,28,34)(H,29,32)/t20-/m0/s1. The molecule has 0 aliphatic carbocycles. The molecule has 4 rings (SSSR count). The molecule has 9 nitrogen and oxygen atoms in total. The number of thioether (sulfide) groups is 1. The van der Waals surface area contributed by atoms with Crippen molar-refractivity contribution in [1.29, 1.82) is 0 Å². The van der Waals surface area contributed by atoms with Gasteiger partial charge in [-0.2, -0.15) is 11.8 Å². The van der Waals surface area contributed by atoms with Crippen LogP contribution in [0.2, 0.25) is 0 Å². The predicted octanol–water partition coefficient (Wildman–Crippen LogP) is 3.44. The molecule has 0 radical (unpaired) electrons. The molecule has 0 unspecified atom stereocenters. The number of nitrogens with one attached hydrogen (secondary N) is 2. The number of benzene rings is 2. The molecule has 2 aliphatic heterocycles. The number of carbonyl (C=O) groups excluding carboxylic acids is 4. The van der Waals surface area contributed by atoms with E-state index >= 15 is 0 Å². The number of ether oxygens (including phenoxy) is 1. The summed E-state index contributed by atoms with van der Waals surface area (Å²) in [5, 5.41) is 5.34. The first-order chi connectivity index (χ1) is 17.8. The third-order valence-corrected chi connectivity index (χ3v) is 7.03. The van der Waals surface area contributed by atoms with Gasteiger partial charge in [-0.3, -0.25) is 19.3 Å². The first kappa shape index (κ1) is 26.5. The van der Waals surface area contributed by atoms with Crippen molar-refractivity contribution in [2.45, 2.75) is 25.9 Å². The fraction of sp³-hybridized carbons (Fsp3) is 0.385. The summed E-state index contributed by atoms with van der Waals surface area (Å²) in [7, 11) is 0. The number of anilines is 3. The number of nitrogens with zero attached hydrogens (tertiary/aromatic N) is 2. The number of cyclic esters (lactones) is 1. The Bertz CT molecular complexity index is 1170. The normalized spacial score (nSPS) is 17.4. The quantitative estimate of drug-likeness (QED) is 0.480. The zero-order valence-corrected chi connectivity index (χ0v) is 21.3. The van der Waals surface area contributed by atoms with Gasteiger partial charge in [0.05, 0.1) is 24.5 Å². The molecule has 2 heterocycles.